The molecule has 0 saturated heterocycles. The zero-order chi connectivity index (χ0) is 6.41. The van der Waals surface area contributed by atoms with Gasteiger partial charge in [-0.3, -0.25) is 0 Å². The minimum Gasteiger partial charge on any atom is -0.390 e. The Hall–Kier alpha value is -0.500. The second-order valence-corrected chi connectivity index (χ2v) is 1.69. The summed E-state index contributed by atoms with van der Waals surface area (Å²) in [6, 6.07) is 0. The lowest BCUT2D eigenvalue weighted by molar-refractivity contribution is 0.322. The summed E-state index contributed by atoms with van der Waals surface area (Å²) in [5.41, 5.74) is 0.701. The highest BCUT2D eigenvalue weighted by Gasteiger charge is 1.84. The molecule has 0 bridgehead atoms. The van der Waals surface area contributed by atoms with Gasteiger partial charge < -0.3 is 10.4 Å². The molecular weight excluding hydrogens is 102 g/mol. The molecule has 0 aliphatic heterocycles. The van der Waals surface area contributed by atoms with Gasteiger partial charge in [-0.1, -0.05) is 13.5 Å². The molecule has 0 rings (SSSR count). The highest BCUT2D eigenvalue weighted by Crippen LogP contribution is 1.79. The lowest BCUT2D eigenvalue weighted by atomic mass is 10.4. The molecule has 0 heterocycles. The average molecular weight is 115 g/mol. The van der Waals surface area contributed by atoms with Gasteiger partial charge >= 0.3 is 0 Å². The number of hydrogen-bond acceptors (Lipinski definition) is 2. The van der Waals surface area contributed by atoms with Crippen LogP contribution in [-0.4, -0.2) is 18.3 Å². The zero-order valence-electron chi connectivity index (χ0n) is 5.28. The van der Waals surface area contributed by atoms with Crippen molar-refractivity contribution in [3.8, 4) is 0 Å². The molecule has 0 aliphatic rings. The third-order valence-electron chi connectivity index (χ3n) is 0.816. The predicted molar refractivity (Wildman–Crippen MR) is 34.5 cm³/mol. The second-order valence-electron chi connectivity index (χ2n) is 1.69. The van der Waals surface area contributed by atoms with Crippen molar-refractivity contribution in [3.05, 3.63) is 12.3 Å². The van der Waals surface area contributed by atoms with E-state index < -0.39 is 0 Å². The first-order chi connectivity index (χ1) is 3.81. The van der Waals surface area contributed by atoms with Gasteiger partial charge in [0.1, 0.15) is 0 Å². The van der Waals surface area contributed by atoms with Crippen molar-refractivity contribution in [1.82, 2.24) is 5.32 Å². The Morgan fingerprint density at radius 1 is 1.75 bits per heavy atom. The third kappa shape index (κ3) is 3.68. The highest BCUT2D eigenvalue weighted by molar-refractivity contribution is 4.89. The lowest BCUT2D eigenvalue weighted by Gasteiger charge is -2.02. The molecule has 0 aromatic carbocycles. The molecular formula is C6H13NO. The minimum atomic E-state index is 0.0417. The van der Waals surface area contributed by atoms with Crippen LogP contribution in [0.3, 0.4) is 0 Å². The van der Waals surface area contributed by atoms with E-state index in [1.54, 1.807) is 0 Å². The third-order valence-corrected chi connectivity index (χ3v) is 0.816. The second kappa shape index (κ2) is 4.65. The first-order valence-corrected chi connectivity index (χ1v) is 2.83. The Kier molecular flexibility index (Phi) is 4.36. The molecule has 0 radical (unpaired) electrons. The van der Waals surface area contributed by atoms with Crippen LogP contribution in [0.25, 0.3) is 0 Å². The van der Waals surface area contributed by atoms with Crippen molar-refractivity contribution in [1.29, 1.82) is 0 Å². The van der Waals surface area contributed by atoms with Crippen molar-refractivity contribution in [2.75, 3.05) is 13.2 Å². The summed E-state index contributed by atoms with van der Waals surface area (Å²) in [7, 11) is 0. The molecule has 0 aromatic rings. The van der Waals surface area contributed by atoms with E-state index in [-0.39, 0.29) is 6.61 Å². The lowest BCUT2D eigenvalue weighted by Crippen LogP contribution is -2.15. The molecule has 48 valence electrons. The van der Waals surface area contributed by atoms with Crippen LogP contribution in [0.15, 0.2) is 12.3 Å². The predicted octanol–water partition coefficient (Wildman–Crippen LogP) is 0.492. The quantitative estimate of drug-likeness (QED) is 0.559. The molecule has 0 fully saturated rings. The van der Waals surface area contributed by atoms with E-state index in [0.717, 1.165) is 13.0 Å². The number of aliphatic hydroxyl groups excluding tert-OH is 1. The normalized spacial score (nSPS) is 8.75. The summed E-state index contributed by atoms with van der Waals surface area (Å²) in [5.74, 6) is 0. The van der Waals surface area contributed by atoms with Crippen LogP contribution in [-0.2, 0) is 0 Å². The fourth-order valence-corrected chi connectivity index (χ4v) is 0.358. The van der Waals surface area contributed by atoms with Gasteiger partial charge in [0.2, 0.25) is 0 Å². The van der Waals surface area contributed by atoms with Crippen LogP contribution in [0, 0.1) is 0 Å². The molecule has 2 nitrogen and oxygen atoms in total. The van der Waals surface area contributed by atoms with E-state index in [0.29, 0.717) is 5.70 Å². The summed E-state index contributed by atoms with van der Waals surface area (Å²) >= 11 is 0. The fraction of sp³-hybridized carbons (Fsp3) is 0.667. The van der Waals surface area contributed by atoms with Crippen molar-refractivity contribution >= 4 is 0 Å². The summed E-state index contributed by atoms with van der Waals surface area (Å²) in [4.78, 5) is 0. The van der Waals surface area contributed by atoms with Crippen LogP contribution in [0.1, 0.15) is 13.3 Å². The first kappa shape index (κ1) is 7.50. The van der Waals surface area contributed by atoms with E-state index in [1.165, 1.54) is 0 Å². The van der Waals surface area contributed by atoms with E-state index in [4.69, 9.17) is 5.11 Å². The van der Waals surface area contributed by atoms with Crippen LogP contribution in [0.2, 0.25) is 0 Å². The molecule has 8 heavy (non-hydrogen) atoms. The number of hydrogen-bond donors (Lipinski definition) is 2. The summed E-state index contributed by atoms with van der Waals surface area (Å²) in [5, 5.41) is 11.3. The molecule has 0 aliphatic carbocycles. The van der Waals surface area contributed by atoms with Gasteiger partial charge in [0.25, 0.3) is 0 Å². The zero-order valence-corrected chi connectivity index (χ0v) is 5.28. The SMILES string of the molecule is C=C(CO)NCCC. The Labute approximate surface area is 50.2 Å². The molecule has 0 aromatic heterocycles. The van der Waals surface area contributed by atoms with Crippen molar-refractivity contribution in [2.24, 2.45) is 0 Å². The standard InChI is InChI=1S/C6H13NO/c1-3-4-7-6(2)5-8/h7-8H,2-5H2,1H3. The van der Waals surface area contributed by atoms with Crippen molar-refractivity contribution < 1.29 is 5.11 Å². The fourth-order valence-electron chi connectivity index (χ4n) is 0.358. The maximum Gasteiger partial charge on any atom is 0.0821 e. The minimum absolute atomic E-state index is 0.0417. The molecule has 2 heteroatoms. The van der Waals surface area contributed by atoms with Crippen molar-refractivity contribution in [2.45, 2.75) is 13.3 Å². The topological polar surface area (TPSA) is 32.3 Å². The molecule has 0 saturated carbocycles. The highest BCUT2D eigenvalue weighted by atomic mass is 16.3. The van der Waals surface area contributed by atoms with Crippen LogP contribution >= 0.6 is 0 Å². The van der Waals surface area contributed by atoms with Crippen molar-refractivity contribution in [3.63, 3.8) is 0 Å². The molecule has 0 amide bonds. The monoisotopic (exact) mass is 115 g/mol. The van der Waals surface area contributed by atoms with Gasteiger partial charge in [0.15, 0.2) is 0 Å². The summed E-state index contributed by atoms with van der Waals surface area (Å²) < 4.78 is 0. The van der Waals surface area contributed by atoms with Gasteiger partial charge in [0, 0.05) is 12.2 Å². The maximum atomic E-state index is 8.40. The number of nitrogens with one attached hydrogen (secondary N) is 1. The van der Waals surface area contributed by atoms with E-state index in [2.05, 4.69) is 18.8 Å². The largest absolute Gasteiger partial charge is 0.390 e. The van der Waals surface area contributed by atoms with Gasteiger partial charge in [-0.15, -0.1) is 0 Å². The maximum absolute atomic E-state index is 8.40. The van der Waals surface area contributed by atoms with E-state index in [1.807, 2.05) is 0 Å². The molecule has 0 unspecified atom stereocenters. The average Bonchev–Trinajstić information content (AvgIpc) is 1.83. The van der Waals surface area contributed by atoms with Crippen LogP contribution in [0.5, 0.6) is 0 Å². The van der Waals surface area contributed by atoms with E-state index in [9.17, 15) is 0 Å². The number of aliphatic hydroxyl groups is 1. The molecule has 0 spiro atoms. The van der Waals surface area contributed by atoms with Gasteiger partial charge in [-0.05, 0) is 6.42 Å². The summed E-state index contributed by atoms with van der Waals surface area (Å²) in [6.45, 7) is 6.56. The Morgan fingerprint density at radius 2 is 2.38 bits per heavy atom. The van der Waals surface area contributed by atoms with E-state index >= 15 is 0 Å². The Morgan fingerprint density at radius 3 is 2.75 bits per heavy atom. The first-order valence-electron chi connectivity index (χ1n) is 2.83. The molecule has 2 N–H and O–H groups in total. The molecule has 0 atom stereocenters. The number of rotatable bonds is 4. The van der Waals surface area contributed by atoms with Crippen LogP contribution < -0.4 is 5.32 Å². The smallest absolute Gasteiger partial charge is 0.0821 e. The summed E-state index contributed by atoms with van der Waals surface area (Å²) in [6.07, 6.45) is 1.07. The Balaban J connectivity index is 2.99. The van der Waals surface area contributed by atoms with Crippen LogP contribution in [0.4, 0.5) is 0 Å². The Bertz CT molecular complexity index is 70.9. The van der Waals surface area contributed by atoms with Gasteiger partial charge in [-0.2, -0.15) is 0 Å². The van der Waals surface area contributed by atoms with Gasteiger partial charge in [-0.25, -0.2) is 0 Å². The van der Waals surface area contributed by atoms with Gasteiger partial charge in [0.05, 0.1) is 6.61 Å².